The number of rotatable bonds is 8. The second kappa shape index (κ2) is 12.4. The molecule has 2 aliphatic heterocycles. The number of aromatic nitrogens is 3. The van der Waals surface area contributed by atoms with Crippen LogP contribution in [0.2, 0.25) is 0 Å². The largest absolute Gasteiger partial charge is 0.473 e. The van der Waals surface area contributed by atoms with Gasteiger partial charge in [0.2, 0.25) is 5.88 Å². The number of nitriles is 1. The minimum absolute atomic E-state index is 0.0226. The van der Waals surface area contributed by atoms with Crippen molar-refractivity contribution in [2.75, 3.05) is 32.5 Å². The molecule has 13 nitrogen and oxygen atoms in total. The van der Waals surface area contributed by atoms with Crippen molar-refractivity contribution >= 4 is 23.6 Å². The maximum absolute atomic E-state index is 12.4. The van der Waals surface area contributed by atoms with Crippen molar-refractivity contribution in [3.63, 3.8) is 0 Å². The molecule has 2 fully saturated rings. The van der Waals surface area contributed by atoms with Crippen molar-refractivity contribution in [2.45, 2.75) is 75.5 Å². The van der Waals surface area contributed by atoms with Gasteiger partial charge in [-0.2, -0.15) is 10.2 Å². The lowest BCUT2D eigenvalue weighted by molar-refractivity contribution is -0.121. The highest BCUT2D eigenvalue weighted by atomic mass is 16.5. The molecule has 5 N–H and O–H groups in total. The smallest absolute Gasteiger partial charge is 0.267 e. The van der Waals surface area contributed by atoms with E-state index in [9.17, 15) is 10.1 Å². The molecule has 1 aromatic carbocycles. The summed E-state index contributed by atoms with van der Waals surface area (Å²) in [6, 6.07) is 8.08. The Morgan fingerprint density at radius 3 is 2.87 bits per heavy atom. The van der Waals surface area contributed by atoms with E-state index in [1.54, 1.807) is 6.07 Å². The lowest BCUT2D eigenvalue weighted by Gasteiger charge is -2.33. The molecule has 7 rings (SSSR count). The number of nitrogens with two attached hydrogens (primary N) is 2. The van der Waals surface area contributed by atoms with Gasteiger partial charge >= 0.3 is 0 Å². The number of hydrogen-bond acceptors (Lipinski definition) is 12. The highest BCUT2D eigenvalue weighted by Crippen LogP contribution is 2.54. The van der Waals surface area contributed by atoms with E-state index in [2.05, 4.69) is 33.5 Å². The number of fused-ring (bicyclic) bond motifs is 4. The molecule has 0 bridgehead atoms. The number of benzene rings is 1. The number of likely N-dealkylation sites (N-methyl/N-ethyl adjacent to an activating group) is 1. The van der Waals surface area contributed by atoms with Gasteiger partial charge in [0, 0.05) is 29.6 Å². The SMILES string of the molecule is CC(Oc1cc(/N=C/C=C(\N)C(=O)NC2COC2)nc(-c2noc3c2CCCC32CCc3ccc(N)c(C#N)c32)n1)C1CCCN1C. The minimum atomic E-state index is -0.486. The maximum Gasteiger partial charge on any atom is 0.267 e. The van der Waals surface area contributed by atoms with Crippen LogP contribution in [0.5, 0.6) is 5.88 Å². The fourth-order valence-corrected chi connectivity index (χ4v) is 7.56. The molecule has 0 radical (unpaired) electrons. The van der Waals surface area contributed by atoms with Gasteiger partial charge in [0.05, 0.1) is 35.9 Å². The van der Waals surface area contributed by atoms with Crippen molar-refractivity contribution in [1.82, 2.24) is 25.3 Å². The average molecular weight is 638 g/mol. The number of likely N-dealkylation sites (tertiary alicyclic amines) is 1. The molecular formula is C34H39N9O4. The zero-order valence-corrected chi connectivity index (χ0v) is 26.7. The van der Waals surface area contributed by atoms with E-state index < -0.39 is 5.41 Å². The molecular weight excluding hydrogens is 598 g/mol. The highest BCUT2D eigenvalue weighted by Gasteiger charge is 2.49. The van der Waals surface area contributed by atoms with E-state index in [1.165, 1.54) is 12.3 Å². The van der Waals surface area contributed by atoms with Crippen molar-refractivity contribution in [2.24, 2.45) is 10.7 Å². The first-order valence-electron chi connectivity index (χ1n) is 16.2. The van der Waals surface area contributed by atoms with Crippen LogP contribution in [0.15, 0.2) is 39.5 Å². The predicted molar refractivity (Wildman–Crippen MR) is 174 cm³/mol. The molecule has 2 aromatic heterocycles. The van der Waals surface area contributed by atoms with E-state index in [0.717, 1.165) is 73.9 Å². The molecule has 3 atom stereocenters. The zero-order valence-electron chi connectivity index (χ0n) is 26.7. The second-order valence-electron chi connectivity index (χ2n) is 13.0. The minimum Gasteiger partial charge on any atom is -0.473 e. The summed E-state index contributed by atoms with van der Waals surface area (Å²) >= 11 is 0. The van der Waals surface area contributed by atoms with Gasteiger partial charge < -0.3 is 30.8 Å². The first-order valence-corrected chi connectivity index (χ1v) is 16.2. The average Bonchev–Trinajstić information content (AvgIpc) is 3.77. The van der Waals surface area contributed by atoms with E-state index in [1.807, 2.05) is 19.1 Å². The lowest BCUT2D eigenvalue weighted by Crippen LogP contribution is -2.49. The summed E-state index contributed by atoms with van der Waals surface area (Å²) in [4.78, 5) is 28.7. The molecule has 13 heteroatoms. The van der Waals surface area contributed by atoms with Crippen LogP contribution >= 0.6 is 0 Å². The monoisotopic (exact) mass is 637 g/mol. The number of amides is 1. The molecule has 244 valence electrons. The molecule has 4 aliphatic rings. The summed E-state index contributed by atoms with van der Waals surface area (Å²) in [6.45, 7) is 4.01. The number of carbonyl (C=O) groups excluding carboxylic acids is 1. The molecule has 2 aliphatic carbocycles. The Morgan fingerprint density at radius 2 is 2.13 bits per heavy atom. The maximum atomic E-state index is 12.4. The van der Waals surface area contributed by atoms with Crippen molar-refractivity contribution < 1.29 is 18.8 Å². The van der Waals surface area contributed by atoms with Crippen LogP contribution in [0.1, 0.15) is 67.0 Å². The topological polar surface area (TPSA) is 191 Å². The van der Waals surface area contributed by atoms with Gasteiger partial charge in [-0.1, -0.05) is 11.2 Å². The van der Waals surface area contributed by atoms with Gasteiger partial charge in [0.25, 0.3) is 5.91 Å². The van der Waals surface area contributed by atoms with Gasteiger partial charge in [-0.05, 0) is 88.7 Å². The quantitative estimate of drug-likeness (QED) is 0.187. The first-order chi connectivity index (χ1) is 22.8. The van der Waals surface area contributed by atoms with Crippen LogP contribution in [-0.2, 0) is 27.8 Å². The predicted octanol–water partition coefficient (Wildman–Crippen LogP) is 3.08. The van der Waals surface area contributed by atoms with Gasteiger partial charge in [-0.25, -0.2) is 9.98 Å². The standard InChI is InChI=1S/C34H39N9O4/c1-19(26-6-4-14-43(26)2)46-28-15-27(38-13-10-25(37)33(44)39-21-17-45-18-21)40-32(41-28)30-22-5-3-11-34(31(22)47-42-30)12-9-20-7-8-24(36)23(16-35)29(20)34/h7-8,10,13,15,19,21,26H,3-6,9,11-12,14,17-18,36-37H2,1-2H3,(H,39,44)/b25-10-,38-13+. The second-order valence-corrected chi connectivity index (χ2v) is 13.0. The number of nitrogens with zero attached hydrogens (tertiary/aromatic N) is 6. The number of ether oxygens (including phenoxy) is 2. The van der Waals surface area contributed by atoms with E-state index in [4.69, 9.17) is 35.4 Å². The Labute approximate surface area is 273 Å². The van der Waals surface area contributed by atoms with Crippen molar-refractivity contribution in [3.05, 3.63) is 58.0 Å². The van der Waals surface area contributed by atoms with Crippen molar-refractivity contribution in [1.29, 1.82) is 5.26 Å². The Balaban J connectivity index is 1.24. The third-order valence-electron chi connectivity index (χ3n) is 10.0. The zero-order chi connectivity index (χ0) is 32.7. The Bertz CT molecular complexity index is 1810. The van der Waals surface area contributed by atoms with Gasteiger partial charge in [-0.3, -0.25) is 9.69 Å². The van der Waals surface area contributed by atoms with Gasteiger partial charge in [0.1, 0.15) is 12.2 Å². The van der Waals surface area contributed by atoms with Gasteiger partial charge in [-0.15, -0.1) is 0 Å². The molecule has 47 heavy (non-hydrogen) atoms. The number of allylic oxidation sites excluding steroid dienone is 1. The molecule has 3 unspecified atom stereocenters. The molecule has 1 spiro atoms. The first kappa shape index (κ1) is 30.8. The van der Waals surface area contributed by atoms with Crippen LogP contribution < -0.4 is 21.5 Å². The fraction of sp³-hybridized carbons (Fsp3) is 0.471. The molecule has 2 saturated heterocycles. The summed E-state index contributed by atoms with van der Waals surface area (Å²) in [5.74, 6) is 1.38. The fourth-order valence-electron chi connectivity index (χ4n) is 7.56. The van der Waals surface area contributed by atoms with Crippen LogP contribution in [0.25, 0.3) is 11.5 Å². The van der Waals surface area contributed by atoms with Crippen molar-refractivity contribution in [3.8, 4) is 23.5 Å². The van der Waals surface area contributed by atoms with Crippen LogP contribution in [-0.4, -0.2) is 77.1 Å². The number of hydrogen-bond donors (Lipinski definition) is 3. The number of aryl methyl sites for hydroxylation is 1. The Morgan fingerprint density at radius 1 is 1.28 bits per heavy atom. The molecule has 0 saturated carbocycles. The number of nitrogen functional groups attached to an aromatic ring is 1. The van der Waals surface area contributed by atoms with E-state index in [0.29, 0.717) is 47.7 Å². The number of carbonyl (C=O) groups is 1. The van der Waals surface area contributed by atoms with E-state index in [-0.39, 0.29) is 29.8 Å². The summed E-state index contributed by atoms with van der Waals surface area (Å²) in [5, 5.41) is 17.4. The summed E-state index contributed by atoms with van der Waals surface area (Å²) < 4.78 is 17.7. The molecule has 4 heterocycles. The summed E-state index contributed by atoms with van der Waals surface area (Å²) in [7, 11) is 2.10. The Hall–Kier alpha value is -4.80. The summed E-state index contributed by atoms with van der Waals surface area (Å²) in [6.07, 6.45) is 8.98. The number of nitrogens with one attached hydrogen (secondary N) is 1. The van der Waals surface area contributed by atoms with Gasteiger partial charge in [0.15, 0.2) is 23.1 Å². The third kappa shape index (κ3) is 5.61. The molecule has 3 aromatic rings. The van der Waals surface area contributed by atoms with Crippen LogP contribution in [0.3, 0.4) is 0 Å². The van der Waals surface area contributed by atoms with Crippen LogP contribution in [0, 0.1) is 11.3 Å². The summed E-state index contributed by atoms with van der Waals surface area (Å²) in [5.41, 5.74) is 16.3. The normalized spacial score (nSPS) is 23.3. The number of anilines is 1. The lowest BCUT2D eigenvalue weighted by atomic mass is 9.68. The molecule has 1 amide bonds. The number of aliphatic imine (C=N–C) groups is 1. The van der Waals surface area contributed by atoms with Crippen LogP contribution in [0.4, 0.5) is 11.5 Å². The highest BCUT2D eigenvalue weighted by molar-refractivity contribution is 5.96. The van der Waals surface area contributed by atoms with E-state index >= 15 is 0 Å². The Kier molecular flexibility index (Phi) is 8.15. The third-order valence-corrected chi connectivity index (χ3v) is 10.0.